The number of carbonyl (C=O) groups excluding carboxylic acids is 1. The fourth-order valence-electron chi connectivity index (χ4n) is 1.81. The molecule has 17 heavy (non-hydrogen) atoms. The molecule has 1 aromatic heterocycles. The average Bonchev–Trinajstić information content (AvgIpc) is 2.68. The van der Waals surface area contributed by atoms with Crippen LogP contribution < -0.4 is 5.32 Å². The van der Waals surface area contributed by atoms with Gasteiger partial charge in [0.2, 0.25) is 11.2 Å². The van der Waals surface area contributed by atoms with E-state index in [0.29, 0.717) is 12.1 Å². The topological polar surface area (TPSA) is 67.8 Å². The van der Waals surface area contributed by atoms with Crippen LogP contribution in [0.2, 0.25) is 5.28 Å². The van der Waals surface area contributed by atoms with Crippen molar-refractivity contribution in [3.05, 3.63) is 35.2 Å². The van der Waals surface area contributed by atoms with Gasteiger partial charge in [-0.25, -0.2) is 4.98 Å². The molecular formula is C11H7ClN4O. The van der Waals surface area contributed by atoms with Gasteiger partial charge in [-0.3, -0.25) is 4.79 Å². The van der Waals surface area contributed by atoms with E-state index in [9.17, 15) is 4.79 Å². The summed E-state index contributed by atoms with van der Waals surface area (Å²) in [5.41, 5.74) is 3.33. The number of rotatable bonds is 1. The van der Waals surface area contributed by atoms with Crippen LogP contribution in [0.5, 0.6) is 0 Å². The minimum absolute atomic E-state index is 0.0102. The molecule has 0 aliphatic carbocycles. The second-order valence-corrected chi connectivity index (χ2v) is 4.05. The van der Waals surface area contributed by atoms with E-state index in [2.05, 4.69) is 20.5 Å². The number of nitrogens with one attached hydrogen (secondary N) is 1. The van der Waals surface area contributed by atoms with Gasteiger partial charge in [-0.15, -0.1) is 5.10 Å². The predicted molar refractivity (Wildman–Crippen MR) is 62.6 cm³/mol. The summed E-state index contributed by atoms with van der Waals surface area (Å²) in [5, 5.41) is 10.2. The monoisotopic (exact) mass is 246 g/mol. The van der Waals surface area contributed by atoms with Crippen molar-refractivity contribution in [3.8, 4) is 11.3 Å². The number of hydrogen-bond donors (Lipinski definition) is 1. The maximum atomic E-state index is 11.2. The molecule has 2 aromatic rings. The Kier molecular flexibility index (Phi) is 2.26. The molecule has 5 nitrogen and oxygen atoms in total. The third-order valence-electron chi connectivity index (χ3n) is 2.56. The SMILES string of the molecule is O=C1Cc2cc(-c3cnnc(Cl)n3)ccc2N1. The van der Waals surface area contributed by atoms with Gasteiger partial charge in [-0.05, 0) is 29.3 Å². The summed E-state index contributed by atoms with van der Waals surface area (Å²) in [6, 6.07) is 5.63. The molecule has 1 aliphatic rings. The van der Waals surface area contributed by atoms with Crippen LogP contribution >= 0.6 is 11.6 Å². The van der Waals surface area contributed by atoms with Crippen LogP contribution in [0.4, 0.5) is 5.69 Å². The van der Waals surface area contributed by atoms with Crippen LogP contribution in [0, 0.1) is 0 Å². The number of aromatic nitrogens is 3. The smallest absolute Gasteiger partial charge is 0.243 e. The molecule has 1 aliphatic heterocycles. The van der Waals surface area contributed by atoms with Crippen molar-refractivity contribution in [1.29, 1.82) is 0 Å². The van der Waals surface area contributed by atoms with E-state index < -0.39 is 0 Å². The van der Waals surface area contributed by atoms with Crippen molar-refractivity contribution in [2.24, 2.45) is 0 Å². The Morgan fingerprint density at radius 1 is 1.35 bits per heavy atom. The highest BCUT2D eigenvalue weighted by molar-refractivity contribution is 6.28. The highest BCUT2D eigenvalue weighted by Gasteiger charge is 2.18. The largest absolute Gasteiger partial charge is 0.326 e. The van der Waals surface area contributed by atoms with Crippen LogP contribution in [0.15, 0.2) is 24.4 Å². The number of amides is 1. The van der Waals surface area contributed by atoms with Gasteiger partial charge in [0.1, 0.15) is 0 Å². The number of fused-ring (bicyclic) bond motifs is 1. The van der Waals surface area contributed by atoms with E-state index in [1.54, 1.807) is 0 Å². The first kappa shape index (κ1) is 10.2. The molecule has 0 saturated heterocycles. The Labute approximate surface area is 102 Å². The Morgan fingerprint density at radius 2 is 2.24 bits per heavy atom. The van der Waals surface area contributed by atoms with Crippen molar-refractivity contribution in [2.45, 2.75) is 6.42 Å². The zero-order valence-corrected chi connectivity index (χ0v) is 9.40. The molecule has 6 heteroatoms. The second-order valence-electron chi connectivity index (χ2n) is 3.71. The quantitative estimate of drug-likeness (QED) is 0.831. The normalized spacial score (nSPS) is 13.4. The molecule has 84 valence electrons. The van der Waals surface area contributed by atoms with E-state index >= 15 is 0 Å². The Hall–Kier alpha value is -2.01. The first-order chi connectivity index (χ1) is 8.22. The number of halogens is 1. The zero-order chi connectivity index (χ0) is 11.8. The molecule has 0 bridgehead atoms. The lowest BCUT2D eigenvalue weighted by Gasteiger charge is -2.03. The van der Waals surface area contributed by atoms with Crippen molar-refractivity contribution in [1.82, 2.24) is 15.2 Å². The molecule has 1 aromatic carbocycles. The van der Waals surface area contributed by atoms with Gasteiger partial charge < -0.3 is 5.32 Å². The molecule has 0 saturated carbocycles. The molecule has 0 unspecified atom stereocenters. The molecule has 0 spiro atoms. The minimum atomic E-state index is 0.0102. The van der Waals surface area contributed by atoms with Crippen LogP contribution in [-0.4, -0.2) is 21.1 Å². The van der Waals surface area contributed by atoms with Gasteiger partial charge >= 0.3 is 0 Å². The summed E-state index contributed by atoms with van der Waals surface area (Å²) < 4.78 is 0. The van der Waals surface area contributed by atoms with Gasteiger partial charge in [0.05, 0.1) is 18.3 Å². The van der Waals surface area contributed by atoms with E-state index in [0.717, 1.165) is 16.8 Å². The van der Waals surface area contributed by atoms with E-state index in [1.165, 1.54) is 6.20 Å². The number of anilines is 1. The van der Waals surface area contributed by atoms with Crippen molar-refractivity contribution in [2.75, 3.05) is 5.32 Å². The van der Waals surface area contributed by atoms with Gasteiger partial charge in [-0.1, -0.05) is 6.07 Å². The third kappa shape index (κ3) is 1.85. The molecule has 1 amide bonds. The highest BCUT2D eigenvalue weighted by atomic mass is 35.5. The Morgan fingerprint density at radius 3 is 3.06 bits per heavy atom. The first-order valence-electron chi connectivity index (χ1n) is 5.01. The maximum Gasteiger partial charge on any atom is 0.243 e. The van der Waals surface area contributed by atoms with Crippen LogP contribution in [0.1, 0.15) is 5.56 Å². The molecule has 0 atom stereocenters. The maximum absolute atomic E-state index is 11.2. The fraction of sp³-hybridized carbons (Fsp3) is 0.0909. The summed E-state index contributed by atoms with van der Waals surface area (Å²) >= 11 is 5.68. The third-order valence-corrected chi connectivity index (χ3v) is 2.72. The van der Waals surface area contributed by atoms with Gasteiger partial charge in [-0.2, -0.15) is 5.10 Å². The molecule has 3 rings (SSSR count). The molecule has 2 heterocycles. The molecule has 0 fully saturated rings. The van der Waals surface area contributed by atoms with Crippen molar-refractivity contribution in [3.63, 3.8) is 0 Å². The minimum Gasteiger partial charge on any atom is -0.326 e. The Bertz CT molecular complexity index is 614. The number of nitrogens with zero attached hydrogens (tertiary/aromatic N) is 3. The Balaban J connectivity index is 2.06. The van der Waals surface area contributed by atoms with Gasteiger partial charge in [0, 0.05) is 11.3 Å². The van der Waals surface area contributed by atoms with E-state index in [1.807, 2.05) is 18.2 Å². The molecule has 1 N–H and O–H groups in total. The zero-order valence-electron chi connectivity index (χ0n) is 8.64. The lowest BCUT2D eigenvalue weighted by molar-refractivity contribution is -0.115. The highest BCUT2D eigenvalue weighted by Crippen LogP contribution is 2.27. The summed E-state index contributed by atoms with van der Waals surface area (Å²) in [4.78, 5) is 15.3. The number of carbonyl (C=O) groups is 1. The summed E-state index contributed by atoms with van der Waals surface area (Å²) in [6.07, 6.45) is 1.94. The first-order valence-corrected chi connectivity index (χ1v) is 5.38. The van der Waals surface area contributed by atoms with Crippen LogP contribution in [0.25, 0.3) is 11.3 Å². The van der Waals surface area contributed by atoms with Crippen LogP contribution in [0.3, 0.4) is 0 Å². The molecular weight excluding hydrogens is 240 g/mol. The second kappa shape index (κ2) is 3.78. The van der Waals surface area contributed by atoms with Gasteiger partial charge in [0.25, 0.3) is 0 Å². The summed E-state index contributed by atoms with van der Waals surface area (Å²) in [5.74, 6) is 0.0102. The van der Waals surface area contributed by atoms with Crippen molar-refractivity contribution >= 4 is 23.2 Å². The van der Waals surface area contributed by atoms with E-state index in [4.69, 9.17) is 11.6 Å². The fourth-order valence-corrected chi connectivity index (χ4v) is 1.94. The molecule has 0 radical (unpaired) electrons. The average molecular weight is 247 g/mol. The summed E-state index contributed by atoms with van der Waals surface area (Å²) in [6.45, 7) is 0. The summed E-state index contributed by atoms with van der Waals surface area (Å²) in [7, 11) is 0. The van der Waals surface area contributed by atoms with E-state index in [-0.39, 0.29) is 11.2 Å². The lowest BCUT2D eigenvalue weighted by Crippen LogP contribution is -2.03. The predicted octanol–water partition coefficient (Wildman–Crippen LogP) is 1.69. The van der Waals surface area contributed by atoms with Crippen molar-refractivity contribution < 1.29 is 4.79 Å². The number of hydrogen-bond acceptors (Lipinski definition) is 4. The van der Waals surface area contributed by atoms with Crippen LogP contribution in [-0.2, 0) is 11.2 Å². The van der Waals surface area contributed by atoms with Gasteiger partial charge in [0.15, 0.2) is 0 Å². The standard InChI is InChI=1S/C11H7ClN4O/c12-11-15-9(5-13-16-11)6-1-2-8-7(3-6)4-10(17)14-8/h1-3,5H,4H2,(H,14,17). The number of benzene rings is 1. The lowest BCUT2D eigenvalue weighted by atomic mass is 10.1.